The van der Waals surface area contributed by atoms with E-state index >= 15 is 0 Å². The Balaban J connectivity index is 2.30. The van der Waals surface area contributed by atoms with Crippen LogP contribution in [0, 0.1) is 5.82 Å². The van der Waals surface area contributed by atoms with Gasteiger partial charge in [0, 0.05) is 29.2 Å². The zero-order valence-corrected chi connectivity index (χ0v) is 13.0. The predicted molar refractivity (Wildman–Crippen MR) is 82.5 cm³/mol. The molecule has 2 rings (SSSR count). The molecule has 0 spiro atoms. The molecular weight excluding hydrogens is 291 g/mol. The van der Waals surface area contributed by atoms with Crippen LogP contribution in [0.15, 0.2) is 24.3 Å². The van der Waals surface area contributed by atoms with Crippen LogP contribution in [0.3, 0.4) is 0 Å². The first-order valence-corrected chi connectivity index (χ1v) is 7.43. The minimum absolute atomic E-state index is 0.319. The predicted octanol–water partition coefficient (Wildman–Crippen LogP) is 3.01. The maximum Gasteiger partial charge on any atom is 0.128 e. The minimum atomic E-state index is -0.351. The molecule has 3 N–H and O–H groups in total. The average molecular weight is 311 g/mol. The third-order valence-corrected chi connectivity index (χ3v) is 3.76. The highest BCUT2D eigenvalue weighted by atomic mass is 35.5. The zero-order chi connectivity index (χ0) is 15.4. The summed E-state index contributed by atoms with van der Waals surface area (Å²) in [5.74, 6) is 5.29. The molecule has 1 atom stereocenters. The van der Waals surface area contributed by atoms with Crippen LogP contribution in [-0.2, 0) is 19.4 Å². The first kappa shape index (κ1) is 15.9. The van der Waals surface area contributed by atoms with Crippen LogP contribution in [0.25, 0.3) is 0 Å². The molecule has 21 heavy (non-hydrogen) atoms. The lowest BCUT2D eigenvalue weighted by Crippen LogP contribution is -2.31. The summed E-state index contributed by atoms with van der Waals surface area (Å²) in [6.07, 6.45) is 1.42. The van der Waals surface area contributed by atoms with Gasteiger partial charge in [0.2, 0.25) is 0 Å². The highest BCUT2D eigenvalue weighted by molar-refractivity contribution is 6.30. The molecule has 1 heterocycles. The lowest BCUT2D eigenvalue weighted by molar-refractivity contribution is 0.490. The fraction of sp³-hybridized carbons (Fsp3) is 0.400. The van der Waals surface area contributed by atoms with Crippen molar-refractivity contribution in [2.24, 2.45) is 5.84 Å². The first-order valence-electron chi connectivity index (χ1n) is 7.05. The number of aryl methyl sites for hydroxylation is 2. The molecule has 1 aromatic heterocycles. The second kappa shape index (κ2) is 7.02. The molecule has 2 aromatic rings. The van der Waals surface area contributed by atoms with E-state index in [4.69, 9.17) is 17.4 Å². The number of nitrogens with zero attached hydrogens (tertiary/aromatic N) is 2. The Bertz CT molecular complexity index is 612. The van der Waals surface area contributed by atoms with Crippen molar-refractivity contribution in [3.63, 3.8) is 0 Å². The Hall–Kier alpha value is -1.43. The summed E-state index contributed by atoms with van der Waals surface area (Å²) in [5.41, 5.74) is 5.19. The van der Waals surface area contributed by atoms with E-state index in [0.717, 1.165) is 24.4 Å². The van der Waals surface area contributed by atoms with Crippen LogP contribution in [0.4, 0.5) is 4.39 Å². The standard InChI is InChI=1S/C15H20ClFN4/c1-3-11-8-12(21(4-2)20-11)9-15(19-18)13-7-10(16)5-6-14(13)17/h5-8,15,19H,3-4,9,18H2,1-2H3. The fourth-order valence-corrected chi connectivity index (χ4v) is 2.56. The highest BCUT2D eigenvalue weighted by Crippen LogP contribution is 2.24. The average Bonchev–Trinajstić information content (AvgIpc) is 2.89. The van der Waals surface area contributed by atoms with Gasteiger partial charge < -0.3 is 0 Å². The molecule has 0 amide bonds. The number of aromatic nitrogens is 2. The van der Waals surface area contributed by atoms with Crippen LogP contribution < -0.4 is 11.3 Å². The van der Waals surface area contributed by atoms with Gasteiger partial charge in [-0.2, -0.15) is 5.10 Å². The van der Waals surface area contributed by atoms with E-state index in [-0.39, 0.29) is 11.9 Å². The summed E-state index contributed by atoms with van der Waals surface area (Å²) in [4.78, 5) is 0. The van der Waals surface area contributed by atoms with Gasteiger partial charge in [-0.15, -0.1) is 0 Å². The summed E-state index contributed by atoms with van der Waals surface area (Å²) in [6, 6.07) is 6.18. The maximum absolute atomic E-state index is 14.0. The second-order valence-electron chi connectivity index (χ2n) is 4.89. The van der Waals surface area contributed by atoms with Gasteiger partial charge in [-0.05, 0) is 37.6 Å². The van der Waals surface area contributed by atoms with Gasteiger partial charge in [-0.25, -0.2) is 4.39 Å². The van der Waals surface area contributed by atoms with E-state index in [1.54, 1.807) is 6.07 Å². The zero-order valence-electron chi connectivity index (χ0n) is 12.2. The molecular formula is C15H20ClFN4. The van der Waals surface area contributed by atoms with Crippen LogP contribution in [-0.4, -0.2) is 9.78 Å². The van der Waals surface area contributed by atoms with Crippen LogP contribution in [0.5, 0.6) is 0 Å². The molecule has 114 valence electrons. The smallest absolute Gasteiger partial charge is 0.128 e. The SMILES string of the molecule is CCc1cc(CC(NN)c2cc(Cl)ccc2F)n(CC)n1. The Kier molecular flexibility index (Phi) is 5.33. The quantitative estimate of drug-likeness (QED) is 0.637. The normalized spacial score (nSPS) is 12.6. The monoisotopic (exact) mass is 310 g/mol. The lowest BCUT2D eigenvalue weighted by atomic mass is 10.0. The van der Waals surface area contributed by atoms with Crippen molar-refractivity contribution in [1.29, 1.82) is 0 Å². The number of hydrogen-bond acceptors (Lipinski definition) is 3. The molecule has 0 bridgehead atoms. The highest BCUT2D eigenvalue weighted by Gasteiger charge is 2.18. The molecule has 0 aliphatic rings. The van der Waals surface area contributed by atoms with Gasteiger partial charge in [0.1, 0.15) is 5.82 Å². The lowest BCUT2D eigenvalue weighted by Gasteiger charge is -2.18. The van der Waals surface area contributed by atoms with Gasteiger partial charge in [-0.3, -0.25) is 16.0 Å². The Morgan fingerprint density at radius 3 is 2.76 bits per heavy atom. The summed E-state index contributed by atoms with van der Waals surface area (Å²) >= 11 is 5.95. The molecule has 1 aromatic carbocycles. The molecule has 0 saturated carbocycles. The number of nitrogens with one attached hydrogen (secondary N) is 1. The van der Waals surface area contributed by atoms with Crippen molar-refractivity contribution < 1.29 is 4.39 Å². The van der Waals surface area contributed by atoms with Gasteiger partial charge in [0.05, 0.1) is 11.7 Å². The largest absolute Gasteiger partial charge is 0.271 e. The van der Waals surface area contributed by atoms with Crippen molar-refractivity contribution in [2.45, 2.75) is 39.3 Å². The number of rotatable bonds is 6. The maximum atomic E-state index is 14.0. The Morgan fingerprint density at radius 2 is 2.14 bits per heavy atom. The summed E-state index contributed by atoms with van der Waals surface area (Å²) < 4.78 is 15.9. The van der Waals surface area contributed by atoms with E-state index in [1.165, 1.54) is 12.1 Å². The molecule has 0 aliphatic carbocycles. The van der Waals surface area contributed by atoms with E-state index in [9.17, 15) is 4.39 Å². The van der Waals surface area contributed by atoms with Crippen molar-refractivity contribution in [3.05, 3.63) is 52.1 Å². The van der Waals surface area contributed by atoms with Crippen LogP contribution in [0.1, 0.15) is 36.8 Å². The van der Waals surface area contributed by atoms with Crippen molar-refractivity contribution in [2.75, 3.05) is 0 Å². The summed E-state index contributed by atoms with van der Waals surface area (Å²) in [7, 11) is 0. The molecule has 4 nitrogen and oxygen atoms in total. The van der Waals surface area contributed by atoms with E-state index in [0.29, 0.717) is 17.0 Å². The van der Waals surface area contributed by atoms with E-state index in [1.807, 2.05) is 17.7 Å². The van der Waals surface area contributed by atoms with E-state index in [2.05, 4.69) is 17.4 Å². The van der Waals surface area contributed by atoms with Crippen molar-refractivity contribution in [1.82, 2.24) is 15.2 Å². The number of hydrogen-bond donors (Lipinski definition) is 2. The molecule has 0 saturated heterocycles. The van der Waals surface area contributed by atoms with E-state index < -0.39 is 0 Å². The minimum Gasteiger partial charge on any atom is -0.271 e. The number of nitrogens with two attached hydrogens (primary N) is 1. The second-order valence-corrected chi connectivity index (χ2v) is 5.32. The van der Waals surface area contributed by atoms with Crippen molar-refractivity contribution in [3.8, 4) is 0 Å². The fourth-order valence-electron chi connectivity index (χ4n) is 2.38. The third-order valence-electron chi connectivity index (χ3n) is 3.52. The van der Waals surface area contributed by atoms with Gasteiger partial charge in [-0.1, -0.05) is 18.5 Å². The van der Waals surface area contributed by atoms with Crippen LogP contribution >= 0.6 is 11.6 Å². The first-order chi connectivity index (χ1) is 10.1. The molecule has 0 aliphatic heterocycles. The molecule has 6 heteroatoms. The van der Waals surface area contributed by atoms with Gasteiger partial charge in [0.25, 0.3) is 0 Å². The molecule has 0 fully saturated rings. The van der Waals surface area contributed by atoms with Crippen molar-refractivity contribution >= 4 is 11.6 Å². The number of benzene rings is 1. The van der Waals surface area contributed by atoms with Gasteiger partial charge >= 0.3 is 0 Å². The van der Waals surface area contributed by atoms with Crippen LogP contribution in [0.2, 0.25) is 5.02 Å². The Morgan fingerprint density at radius 1 is 1.38 bits per heavy atom. The number of halogens is 2. The summed E-state index contributed by atoms with van der Waals surface area (Å²) in [5, 5.41) is 4.99. The number of hydrazine groups is 1. The van der Waals surface area contributed by atoms with Gasteiger partial charge in [0.15, 0.2) is 0 Å². The molecule has 1 unspecified atom stereocenters. The summed E-state index contributed by atoms with van der Waals surface area (Å²) in [6.45, 7) is 4.85. The third kappa shape index (κ3) is 3.61. The Labute approximate surface area is 129 Å². The molecule has 0 radical (unpaired) electrons. The topological polar surface area (TPSA) is 55.9 Å².